The smallest absolute Gasteiger partial charge is 0.277 e. The number of anilines is 1. The number of rotatable bonds is 2. The molecule has 1 saturated heterocycles. The number of aromatic nitrogens is 4. The molecule has 10 heteroatoms. The van der Waals surface area contributed by atoms with Crippen molar-refractivity contribution in [1.82, 2.24) is 19.5 Å². The second kappa shape index (κ2) is 7.06. The van der Waals surface area contributed by atoms with Crippen molar-refractivity contribution in [1.29, 1.82) is 0 Å². The maximum Gasteiger partial charge on any atom is 0.277 e. The fraction of sp³-hybridized carbons (Fsp3) is 0.429. The molecule has 0 radical (unpaired) electrons. The van der Waals surface area contributed by atoms with E-state index in [4.69, 9.17) is 19.4 Å². The van der Waals surface area contributed by atoms with Crippen LogP contribution in [0, 0.1) is 0 Å². The molecule has 4 aromatic heterocycles. The van der Waals surface area contributed by atoms with Crippen molar-refractivity contribution in [2.75, 3.05) is 31.2 Å². The van der Waals surface area contributed by atoms with Gasteiger partial charge in [0.05, 0.1) is 30.9 Å². The van der Waals surface area contributed by atoms with Crippen molar-refractivity contribution in [2.45, 2.75) is 32.5 Å². The van der Waals surface area contributed by atoms with Gasteiger partial charge in [0, 0.05) is 42.0 Å². The molecular formula is C21H21N5O3S2. The predicted molar refractivity (Wildman–Crippen MR) is 122 cm³/mol. The second-order valence-corrected chi connectivity index (χ2v) is 10.3. The number of pyridine rings is 1. The van der Waals surface area contributed by atoms with Crippen molar-refractivity contribution < 1.29 is 9.47 Å². The molecule has 0 atom stereocenters. The molecule has 0 saturated carbocycles. The molecule has 1 fully saturated rings. The van der Waals surface area contributed by atoms with Gasteiger partial charge in [-0.25, -0.2) is 19.5 Å². The Morgan fingerprint density at radius 2 is 2.00 bits per heavy atom. The minimum absolute atomic E-state index is 0.101. The Hall–Kier alpha value is -2.40. The van der Waals surface area contributed by atoms with Crippen LogP contribution in [0.2, 0.25) is 0 Å². The lowest BCUT2D eigenvalue weighted by molar-refractivity contribution is -0.0396. The Labute approximate surface area is 186 Å². The zero-order valence-electron chi connectivity index (χ0n) is 17.3. The number of thiophene rings is 1. The zero-order chi connectivity index (χ0) is 21.2. The maximum atomic E-state index is 13.3. The molecule has 0 amide bonds. The van der Waals surface area contributed by atoms with E-state index in [2.05, 4.69) is 23.7 Å². The lowest BCUT2D eigenvalue weighted by Crippen LogP contribution is -2.39. The Bertz CT molecular complexity index is 1350. The average Bonchev–Trinajstić information content (AvgIpc) is 3.42. The van der Waals surface area contributed by atoms with Crippen LogP contribution in [0.15, 0.2) is 22.7 Å². The van der Waals surface area contributed by atoms with Gasteiger partial charge in [-0.1, -0.05) is 0 Å². The minimum atomic E-state index is -0.284. The van der Waals surface area contributed by atoms with E-state index in [1.54, 1.807) is 12.5 Å². The molecule has 0 unspecified atom stereocenters. The van der Waals surface area contributed by atoms with Gasteiger partial charge in [0.15, 0.2) is 5.13 Å². The molecule has 2 aliphatic rings. The molecule has 0 spiro atoms. The molecule has 0 N–H and O–H groups in total. The van der Waals surface area contributed by atoms with Crippen molar-refractivity contribution in [3.05, 3.63) is 39.4 Å². The fourth-order valence-corrected chi connectivity index (χ4v) is 6.05. The summed E-state index contributed by atoms with van der Waals surface area (Å²) in [6.07, 6.45) is 4.03. The van der Waals surface area contributed by atoms with Crippen LogP contribution in [0.4, 0.5) is 5.82 Å². The van der Waals surface area contributed by atoms with Crippen molar-refractivity contribution in [3.8, 4) is 5.13 Å². The van der Waals surface area contributed by atoms with Crippen LogP contribution in [-0.2, 0) is 22.5 Å². The second-order valence-electron chi connectivity index (χ2n) is 8.41. The highest BCUT2D eigenvalue weighted by Gasteiger charge is 2.33. The monoisotopic (exact) mass is 455 g/mol. The Morgan fingerprint density at radius 1 is 1.16 bits per heavy atom. The first kappa shape index (κ1) is 19.3. The van der Waals surface area contributed by atoms with Crippen LogP contribution in [0.25, 0.3) is 25.6 Å². The molecule has 2 aliphatic heterocycles. The summed E-state index contributed by atoms with van der Waals surface area (Å²) >= 11 is 2.84. The summed E-state index contributed by atoms with van der Waals surface area (Å²) in [5.74, 6) is 0.952. The van der Waals surface area contributed by atoms with Gasteiger partial charge >= 0.3 is 0 Å². The SMILES string of the molecule is CC1(C)Cc2c(c(N3CCOCC3)nc3sc4c(=O)n(-c5nccs5)cnc4c23)CO1. The van der Waals surface area contributed by atoms with Crippen LogP contribution in [0.3, 0.4) is 0 Å². The summed E-state index contributed by atoms with van der Waals surface area (Å²) in [5.41, 5.74) is 2.66. The van der Waals surface area contributed by atoms with Crippen molar-refractivity contribution >= 4 is 48.9 Å². The van der Waals surface area contributed by atoms with Gasteiger partial charge in [-0.2, -0.15) is 0 Å². The van der Waals surface area contributed by atoms with Crippen molar-refractivity contribution in [3.63, 3.8) is 0 Å². The van der Waals surface area contributed by atoms with E-state index >= 15 is 0 Å². The summed E-state index contributed by atoms with van der Waals surface area (Å²) < 4.78 is 13.8. The van der Waals surface area contributed by atoms with Gasteiger partial charge in [-0.3, -0.25) is 4.79 Å². The maximum absolute atomic E-state index is 13.3. The van der Waals surface area contributed by atoms with Crippen LogP contribution < -0.4 is 10.5 Å². The number of ether oxygens (including phenoxy) is 2. The fourth-order valence-electron chi connectivity index (χ4n) is 4.36. The first-order chi connectivity index (χ1) is 15.0. The molecule has 6 heterocycles. The molecule has 6 rings (SSSR count). The van der Waals surface area contributed by atoms with E-state index in [0.717, 1.165) is 46.6 Å². The van der Waals surface area contributed by atoms with E-state index in [0.29, 0.717) is 29.7 Å². The van der Waals surface area contributed by atoms with E-state index < -0.39 is 0 Å². The van der Waals surface area contributed by atoms with E-state index in [1.807, 2.05) is 5.38 Å². The summed E-state index contributed by atoms with van der Waals surface area (Å²) in [4.78, 5) is 30.4. The molecule has 31 heavy (non-hydrogen) atoms. The van der Waals surface area contributed by atoms with Gasteiger partial charge in [0.1, 0.15) is 21.7 Å². The van der Waals surface area contributed by atoms with Crippen LogP contribution in [-0.4, -0.2) is 51.4 Å². The van der Waals surface area contributed by atoms with Gasteiger partial charge in [0.2, 0.25) is 0 Å². The van der Waals surface area contributed by atoms with Crippen LogP contribution in [0.5, 0.6) is 0 Å². The zero-order valence-corrected chi connectivity index (χ0v) is 18.9. The third-order valence-corrected chi connectivity index (χ3v) is 7.70. The molecule has 160 valence electrons. The molecule has 8 nitrogen and oxygen atoms in total. The number of hydrogen-bond acceptors (Lipinski definition) is 9. The topological polar surface area (TPSA) is 82.4 Å². The first-order valence-corrected chi connectivity index (χ1v) is 11.9. The third kappa shape index (κ3) is 3.08. The summed E-state index contributed by atoms with van der Waals surface area (Å²) in [6.45, 7) is 7.69. The van der Waals surface area contributed by atoms with Gasteiger partial charge < -0.3 is 14.4 Å². The molecular weight excluding hydrogens is 434 g/mol. The molecule has 4 aromatic rings. The summed E-state index contributed by atoms with van der Waals surface area (Å²) in [7, 11) is 0. The molecule has 0 aliphatic carbocycles. The third-order valence-electron chi connectivity index (χ3n) is 5.87. The van der Waals surface area contributed by atoms with Gasteiger partial charge in [0.25, 0.3) is 5.56 Å². The Morgan fingerprint density at radius 3 is 2.77 bits per heavy atom. The summed E-state index contributed by atoms with van der Waals surface area (Å²) in [6, 6.07) is 0. The minimum Gasteiger partial charge on any atom is -0.378 e. The first-order valence-electron chi connectivity index (χ1n) is 10.2. The van der Waals surface area contributed by atoms with E-state index in [-0.39, 0.29) is 11.2 Å². The summed E-state index contributed by atoms with van der Waals surface area (Å²) in [5, 5.41) is 3.47. The quantitative estimate of drug-likeness (QED) is 0.459. The van der Waals surface area contributed by atoms with Crippen LogP contribution in [0.1, 0.15) is 25.0 Å². The van der Waals surface area contributed by atoms with Crippen molar-refractivity contribution in [2.24, 2.45) is 0 Å². The van der Waals surface area contributed by atoms with Gasteiger partial charge in [-0.15, -0.1) is 22.7 Å². The number of morpholine rings is 1. The Kier molecular flexibility index (Phi) is 4.39. The highest BCUT2D eigenvalue weighted by molar-refractivity contribution is 7.25. The van der Waals surface area contributed by atoms with Gasteiger partial charge in [-0.05, 0) is 19.4 Å². The number of nitrogens with zero attached hydrogens (tertiary/aromatic N) is 5. The molecule has 0 bridgehead atoms. The highest BCUT2D eigenvalue weighted by atomic mass is 32.1. The largest absolute Gasteiger partial charge is 0.378 e. The standard InChI is InChI=1S/C21H21N5O3S2/c1-21(2)9-12-13(10-29-21)17(25-4-6-28-7-5-25)24-18-14(12)15-16(31-18)19(27)26(11-23-15)20-22-3-8-30-20/h3,8,11H,4-7,9-10H2,1-2H3. The number of fused-ring (bicyclic) bond motifs is 5. The van der Waals surface area contributed by atoms with Crippen LogP contribution >= 0.6 is 22.7 Å². The number of thiazole rings is 1. The number of hydrogen-bond donors (Lipinski definition) is 0. The predicted octanol–water partition coefficient (Wildman–Crippen LogP) is 3.14. The lowest BCUT2D eigenvalue weighted by atomic mass is 9.90. The lowest BCUT2D eigenvalue weighted by Gasteiger charge is -2.36. The average molecular weight is 456 g/mol. The Balaban J connectivity index is 1.64. The highest BCUT2D eigenvalue weighted by Crippen LogP contribution is 2.42. The normalized spacial score (nSPS) is 18.6. The van der Waals surface area contributed by atoms with E-state index in [1.165, 1.54) is 32.8 Å². The molecule has 0 aromatic carbocycles. The van der Waals surface area contributed by atoms with E-state index in [9.17, 15) is 4.79 Å².